The number of ketones is 1. The molecular formula is C17H20OS. The minimum Gasteiger partial charge on any atom is -0.294 e. The highest BCUT2D eigenvalue weighted by atomic mass is 32.2. The van der Waals surface area contributed by atoms with Gasteiger partial charge in [-0.1, -0.05) is 55.8 Å². The second kappa shape index (κ2) is 5.16. The summed E-state index contributed by atoms with van der Waals surface area (Å²) in [5.41, 5.74) is 0.253. The number of hydrogen-bond donors (Lipinski definition) is 0. The highest BCUT2D eigenvalue weighted by Crippen LogP contribution is 2.49. The summed E-state index contributed by atoms with van der Waals surface area (Å²) in [4.78, 5) is 14.4. The molecule has 3 rings (SSSR count). The lowest BCUT2D eigenvalue weighted by Crippen LogP contribution is -2.35. The maximum Gasteiger partial charge on any atom is 0.169 e. The molecule has 19 heavy (non-hydrogen) atoms. The molecule has 0 aromatic heterocycles. The van der Waals surface area contributed by atoms with Crippen LogP contribution >= 0.6 is 11.8 Å². The molecule has 100 valence electrons. The molecule has 2 aliphatic rings. The molecule has 1 nitrogen and oxygen atoms in total. The van der Waals surface area contributed by atoms with Crippen molar-refractivity contribution in [2.24, 2.45) is 11.3 Å². The highest BCUT2D eigenvalue weighted by Gasteiger charge is 2.40. The Balaban J connectivity index is 1.86. The van der Waals surface area contributed by atoms with E-state index in [1.54, 1.807) is 11.8 Å². The van der Waals surface area contributed by atoms with Crippen molar-refractivity contribution >= 4 is 17.5 Å². The molecule has 2 heteroatoms. The second-order valence-corrected chi connectivity index (χ2v) is 7.11. The zero-order valence-corrected chi connectivity index (χ0v) is 12.2. The van der Waals surface area contributed by atoms with Gasteiger partial charge in [0.25, 0.3) is 0 Å². The number of carbonyl (C=O) groups excluding carboxylic acids is 1. The minimum atomic E-state index is 0.253. The van der Waals surface area contributed by atoms with Crippen LogP contribution in [0.1, 0.15) is 39.0 Å². The number of thioether (sulfide) groups is 1. The summed E-state index contributed by atoms with van der Waals surface area (Å²) in [6.45, 7) is 2.34. The number of hydrogen-bond acceptors (Lipinski definition) is 2. The van der Waals surface area contributed by atoms with Gasteiger partial charge in [-0.2, -0.15) is 0 Å². The van der Waals surface area contributed by atoms with Gasteiger partial charge in [0.05, 0.1) is 4.91 Å². The smallest absolute Gasteiger partial charge is 0.169 e. The molecule has 0 spiro atoms. The lowest BCUT2D eigenvalue weighted by atomic mass is 9.63. The van der Waals surface area contributed by atoms with E-state index < -0.39 is 0 Å². The van der Waals surface area contributed by atoms with Crippen LogP contribution in [0.2, 0.25) is 0 Å². The van der Waals surface area contributed by atoms with E-state index in [1.807, 2.05) is 18.2 Å². The second-order valence-electron chi connectivity index (χ2n) is 6.00. The van der Waals surface area contributed by atoms with Crippen molar-refractivity contribution in [3.05, 3.63) is 41.3 Å². The Kier molecular flexibility index (Phi) is 3.53. The maximum absolute atomic E-state index is 12.3. The molecule has 0 saturated heterocycles. The molecule has 1 saturated carbocycles. The van der Waals surface area contributed by atoms with E-state index in [2.05, 4.69) is 25.1 Å². The first-order valence-corrected chi connectivity index (χ1v) is 7.98. The summed E-state index contributed by atoms with van der Waals surface area (Å²) >= 11 is 1.64. The van der Waals surface area contributed by atoms with Crippen LogP contribution in [0.4, 0.5) is 0 Å². The van der Waals surface area contributed by atoms with E-state index in [9.17, 15) is 4.79 Å². The third kappa shape index (κ3) is 2.64. The molecule has 2 aliphatic carbocycles. The monoisotopic (exact) mass is 272 g/mol. The average molecular weight is 272 g/mol. The van der Waals surface area contributed by atoms with Crippen LogP contribution in [0.25, 0.3) is 0 Å². The number of allylic oxidation sites excluding steroid dienone is 2. The van der Waals surface area contributed by atoms with Gasteiger partial charge >= 0.3 is 0 Å². The topological polar surface area (TPSA) is 17.1 Å². The molecule has 0 amide bonds. The predicted molar refractivity (Wildman–Crippen MR) is 80.1 cm³/mol. The van der Waals surface area contributed by atoms with Crippen molar-refractivity contribution in [2.45, 2.75) is 43.9 Å². The van der Waals surface area contributed by atoms with Crippen LogP contribution in [0.3, 0.4) is 0 Å². The standard InChI is InChI=1S/C17H20OS/c1-17-10-6-5-7-13(17)11-15(18)16(12-17)19-14-8-3-2-4-9-14/h2-4,8-9,12-13H,5-7,10-11H2,1H3/t13-,17+/m0/s1. The predicted octanol–water partition coefficient (Wildman–Crippen LogP) is 4.83. The molecule has 1 aromatic carbocycles. The summed E-state index contributed by atoms with van der Waals surface area (Å²) in [7, 11) is 0. The highest BCUT2D eigenvalue weighted by molar-refractivity contribution is 8.04. The van der Waals surface area contributed by atoms with E-state index >= 15 is 0 Å². The fraction of sp³-hybridized carbons (Fsp3) is 0.471. The molecule has 0 heterocycles. The van der Waals surface area contributed by atoms with Crippen LogP contribution in [-0.2, 0) is 4.79 Å². The molecule has 0 unspecified atom stereocenters. The average Bonchev–Trinajstić information content (AvgIpc) is 2.41. The maximum atomic E-state index is 12.3. The largest absolute Gasteiger partial charge is 0.294 e. The fourth-order valence-corrected chi connectivity index (χ4v) is 4.43. The van der Waals surface area contributed by atoms with Crippen molar-refractivity contribution in [1.29, 1.82) is 0 Å². The number of carbonyl (C=O) groups is 1. The number of benzene rings is 1. The van der Waals surface area contributed by atoms with E-state index in [-0.39, 0.29) is 5.41 Å². The minimum absolute atomic E-state index is 0.253. The Hall–Kier alpha value is -1.02. The van der Waals surface area contributed by atoms with Gasteiger partial charge < -0.3 is 0 Å². The van der Waals surface area contributed by atoms with Gasteiger partial charge in [-0.05, 0) is 36.3 Å². The van der Waals surface area contributed by atoms with Crippen LogP contribution in [0.5, 0.6) is 0 Å². The van der Waals surface area contributed by atoms with E-state index in [0.717, 1.165) is 11.3 Å². The Bertz CT molecular complexity index is 505. The van der Waals surface area contributed by atoms with Gasteiger partial charge in [-0.15, -0.1) is 0 Å². The van der Waals surface area contributed by atoms with Crippen molar-refractivity contribution in [3.63, 3.8) is 0 Å². The zero-order valence-electron chi connectivity index (χ0n) is 11.4. The molecule has 1 aromatic rings. The molecular weight excluding hydrogens is 252 g/mol. The molecule has 1 fully saturated rings. The summed E-state index contributed by atoms with van der Waals surface area (Å²) in [5.74, 6) is 0.923. The van der Waals surface area contributed by atoms with Crippen molar-refractivity contribution < 1.29 is 4.79 Å². The van der Waals surface area contributed by atoms with Gasteiger partial charge in [0.2, 0.25) is 0 Å². The van der Waals surface area contributed by atoms with Crippen molar-refractivity contribution in [1.82, 2.24) is 0 Å². The summed E-state index contributed by atoms with van der Waals surface area (Å²) in [6, 6.07) is 10.2. The normalized spacial score (nSPS) is 30.7. The van der Waals surface area contributed by atoms with Gasteiger partial charge in [-0.3, -0.25) is 4.79 Å². The quantitative estimate of drug-likeness (QED) is 0.767. The third-order valence-corrected chi connectivity index (χ3v) is 5.66. The van der Waals surface area contributed by atoms with Gasteiger partial charge in [0, 0.05) is 11.3 Å². The van der Waals surface area contributed by atoms with Crippen LogP contribution < -0.4 is 0 Å². The number of rotatable bonds is 2. The molecule has 0 bridgehead atoms. The Morgan fingerprint density at radius 2 is 2.00 bits per heavy atom. The first-order valence-electron chi connectivity index (χ1n) is 7.16. The Labute approximate surface area is 119 Å². The summed E-state index contributed by atoms with van der Waals surface area (Å²) in [5, 5.41) is 0. The Morgan fingerprint density at radius 1 is 1.21 bits per heavy atom. The first kappa shape index (κ1) is 13.0. The summed E-state index contributed by atoms with van der Waals surface area (Å²) in [6.07, 6.45) is 8.10. The number of Topliss-reactive ketones (excluding diaryl/α,β-unsaturated/α-hetero) is 1. The van der Waals surface area contributed by atoms with Crippen molar-refractivity contribution in [3.8, 4) is 0 Å². The van der Waals surface area contributed by atoms with Gasteiger partial charge in [-0.25, -0.2) is 0 Å². The number of fused-ring (bicyclic) bond motifs is 1. The molecule has 0 N–H and O–H groups in total. The van der Waals surface area contributed by atoms with Crippen LogP contribution in [0, 0.1) is 11.3 Å². The third-order valence-electron chi connectivity index (χ3n) is 4.59. The van der Waals surface area contributed by atoms with E-state index in [4.69, 9.17) is 0 Å². The van der Waals surface area contributed by atoms with Crippen molar-refractivity contribution in [2.75, 3.05) is 0 Å². The lowest BCUT2D eigenvalue weighted by molar-refractivity contribution is -0.117. The van der Waals surface area contributed by atoms with Gasteiger partial charge in [0.1, 0.15) is 0 Å². The van der Waals surface area contributed by atoms with Crippen LogP contribution in [0.15, 0.2) is 46.2 Å². The van der Waals surface area contributed by atoms with E-state index in [0.29, 0.717) is 11.7 Å². The zero-order chi connectivity index (χ0) is 13.3. The van der Waals surface area contributed by atoms with E-state index in [1.165, 1.54) is 30.6 Å². The molecule has 2 atom stereocenters. The van der Waals surface area contributed by atoms with Crippen LogP contribution in [-0.4, -0.2) is 5.78 Å². The first-order chi connectivity index (χ1) is 9.17. The lowest BCUT2D eigenvalue weighted by Gasteiger charge is -2.42. The summed E-state index contributed by atoms with van der Waals surface area (Å²) < 4.78 is 0. The molecule has 0 aliphatic heterocycles. The van der Waals surface area contributed by atoms with Gasteiger partial charge in [0.15, 0.2) is 5.78 Å². The fourth-order valence-electron chi connectivity index (χ4n) is 3.36. The SMILES string of the molecule is C[C@@]12C=C(Sc3ccccc3)C(=O)C[C@@H]1CCCC2. The Morgan fingerprint density at radius 3 is 2.79 bits per heavy atom. The molecule has 0 radical (unpaired) electrons.